The summed E-state index contributed by atoms with van der Waals surface area (Å²) in [7, 11) is 0. The van der Waals surface area contributed by atoms with Gasteiger partial charge in [0.15, 0.2) is 0 Å². The molecule has 2 heterocycles. The zero-order valence-corrected chi connectivity index (χ0v) is 18.2. The molecule has 7 N–H and O–H groups in total. The van der Waals surface area contributed by atoms with Crippen molar-refractivity contribution in [2.24, 2.45) is 22.2 Å². The second-order valence-electron chi connectivity index (χ2n) is 6.49. The molecule has 2 aromatic heterocycles. The number of aliphatic imine (C=N–C) groups is 1. The van der Waals surface area contributed by atoms with Crippen molar-refractivity contribution in [3.8, 4) is 27.6 Å². The zero-order valence-electron chi connectivity index (χ0n) is 16.6. The van der Waals surface area contributed by atoms with Crippen LogP contribution < -0.4 is 22.5 Å². The van der Waals surface area contributed by atoms with Gasteiger partial charge in [-0.1, -0.05) is 17.7 Å². The molecule has 1 amide bonds. The summed E-state index contributed by atoms with van der Waals surface area (Å²) >= 11 is 7.45. The zero-order chi connectivity index (χ0) is 22.5. The number of benzene rings is 1. The number of aromatic nitrogens is 1. The Morgan fingerprint density at radius 1 is 1.32 bits per heavy atom. The maximum Gasteiger partial charge on any atom is 0.239 e. The van der Waals surface area contributed by atoms with Crippen molar-refractivity contribution in [2.75, 3.05) is 18.5 Å². The number of carbonyl (C=O) groups excluding carboxylic acids is 1. The number of amides is 1. The molecule has 158 valence electrons. The van der Waals surface area contributed by atoms with Crippen LogP contribution in [0.3, 0.4) is 0 Å². The smallest absolute Gasteiger partial charge is 0.239 e. The Hall–Kier alpha value is -3.29. The Kier molecular flexibility index (Phi) is 6.99. The first-order valence-electron chi connectivity index (χ1n) is 9.19. The number of amidine groups is 1. The molecule has 0 radical (unpaired) electrons. The van der Waals surface area contributed by atoms with Crippen LogP contribution in [0.5, 0.6) is 0 Å². The van der Waals surface area contributed by atoms with E-state index in [9.17, 15) is 10.1 Å². The molecule has 0 atom stereocenters. The number of nitrogens with one attached hydrogen (secondary N) is 1. The Labute approximate surface area is 188 Å². The molecule has 10 heteroatoms. The van der Waals surface area contributed by atoms with E-state index in [2.05, 4.69) is 21.4 Å². The monoisotopic (exact) mass is 453 g/mol. The molecular weight excluding hydrogens is 434 g/mol. The number of nitrogens with two attached hydrogens (primary N) is 3. The number of pyridine rings is 1. The molecule has 0 aliphatic heterocycles. The summed E-state index contributed by atoms with van der Waals surface area (Å²) in [5.74, 6) is 0.207. The lowest BCUT2D eigenvalue weighted by molar-refractivity contribution is -0.114. The van der Waals surface area contributed by atoms with Crippen LogP contribution in [0.4, 0.5) is 5.82 Å². The summed E-state index contributed by atoms with van der Waals surface area (Å²) in [6.45, 7) is 1.77. The van der Waals surface area contributed by atoms with E-state index >= 15 is 0 Å². The lowest BCUT2D eigenvalue weighted by Crippen LogP contribution is -2.22. The predicted molar refractivity (Wildman–Crippen MR) is 125 cm³/mol. The molecule has 0 unspecified atom stereocenters. The van der Waals surface area contributed by atoms with E-state index in [0.717, 1.165) is 11.1 Å². The fourth-order valence-corrected chi connectivity index (χ4v) is 4.50. The summed E-state index contributed by atoms with van der Waals surface area (Å²) in [5, 5.41) is 13.3. The standard InChI is InChI=1S/C21H20ClN7OS/c1-11-6-13(22)2-3-14(11)18-15(8-23)19(31-20(18)21(26)28-10-25)12-4-5-27-16(7-12)29-17(30)9-24/h2-7H,9-10,24-25H2,1H3,(H2,26,28)(H,27,29,30). The molecule has 0 aliphatic rings. The number of aryl methyl sites for hydroxylation is 1. The topological polar surface area (TPSA) is 156 Å². The number of thiophene rings is 1. The molecule has 3 aromatic rings. The Balaban J connectivity index is 2.26. The SMILES string of the molecule is Cc1cc(Cl)ccc1-c1c(/C(N)=N/CN)sc(-c2ccnc(NC(=O)CN)c2)c1C#N. The maximum atomic E-state index is 11.6. The van der Waals surface area contributed by atoms with Gasteiger partial charge in [0.05, 0.1) is 28.5 Å². The molecule has 0 spiro atoms. The van der Waals surface area contributed by atoms with Crippen molar-refractivity contribution in [2.45, 2.75) is 6.92 Å². The van der Waals surface area contributed by atoms with E-state index in [4.69, 9.17) is 28.8 Å². The van der Waals surface area contributed by atoms with Gasteiger partial charge in [0, 0.05) is 16.8 Å². The van der Waals surface area contributed by atoms with Crippen LogP contribution in [0.2, 0.25) is 5.02 Å². The Bertz CT molecular complexity index is 1210. The quantitative estimate of drug-likeness (QED) is 0.332. The van der Waals surface area contributed by atoms with Crippen molar-refractivity contribution in [3.05, 3.63) is 57.6 Å². The minimum atomic E-state index is -0.367. The fraction of sp³-hybridized carbons (Fsp3) is 0.143. The van der Waals surface area contributed by atoms with Crippen LogP contribution in [-0.2, 0) is 4.79 Å². The van der Waals surface area contributed by atoms with Crippen molar-refractivity contribution in [3.63, 3.8) is 0 Å². The van der Waals surface area contributed by atoms with E-state index in [1.165, 1.54) is 11.3 Å². The number of hydrogen-bond donors (Lipinski definition) is 4. The highest BCUT2D eigenvalue weighted by molar-refractivity contribution is 7.18. The van der Waals surface area contributed by atoms with Gasteiger partial charge in [-0.25, -0.2) is 4.98 Å². The molecule has 8 nitrogen and oxygen atoms in total. The van der Waals surface area contributed by atoms with E-state index < -0.39 is 0 Å². The number of hydrogen-bond acceptors (Lipinski definition) is 7. The summed E-state index contributed by atoms with van der Waals surface area (Å²) in [6, 6.07) is 11.2. The minimum Gasteiger partial charge on any atom is -0.383 e. The van der Waals surface area contributed by atoms with Crippen LogP contribution in [-0.4, -0.2) is 29.9 Å². The molecular formula is C21H20ClN7OS. The molecule has 0 bridgehead atoms. The molecule has 1 aromatic carbocycles. The summed E-state index contributed by atoms with van der Waals surface area (Å²) < 4.78 is 0. The number of nitrogens with zero attached hydrogens (tertiary/aromatic N) is 3. The van der Waals surface area contributed by atoms with Crippen LogP contribution in [0.1, 0.15) is 16.0 Å². The van der Waals surface area contributed by atoms with Gasteiger partial charge in [0.1, 0.15) is 17.7 Å². The van der Waals surface area contributed by atoms with Crippen molar-refractivity contribution >= 4 is 40.5 Å². The average Bonchev–Trinajstić information content (AvgIpc) is 3.13. The van der Waals surface area contributed by atoms with Crippen LogP contribution in [0, 0.1) is 18.3 Å². The van der Waals surface area contributed by atoms with Crippen LogP contribution in [0.25, 0.3) is 21.6 Å². The fourth-order valence-electron chi connectivity index (χ4n) is 3.09. The van der Waals surface area contributed by atoms with Crippen molar-refractivity contribution < 1.29 is 4.79 Å². The first kappa shape index (κ1) is 22.4. The third-order valence-corrected chi connectivity index (χ3v) is 5.94. The largest absolute Gasteiger partial charge is 0.383 e. The van der Waals surface area contributed by atoms with E-state index in [1.54, 1.807) is 24.4 Å². The molecule has 0 saturated heterocycles. The highest BCUT2D eigenvalue weighted by Crippen LogP contribution is 2.43. The lowest BCUT2D eigenvalue weighted by atomic mass is 9.95. The van der Waals surface area contributed by atoms with Crippen molar-refractivity contribution in [1.29, 1.82) is 5.26 Å². The number of halogens is 1. The van der Waals surface area contributed by atoms with Gasteiger partial charge in [-0.05, 0) is 47.9 Å². The first-order chi connectivity index (χ1) is 14.9. The van der Waals surface area contributed by atoms with Crippen LogP contribution >= 0.6 is 22.9 Å². The predicted octanol–water partition coefficient (Wildman–Crippen LogP) is 2.83. The van der Waals surface area contributed by atoms with E-state index in [-0.39, 0.29) is 25.0 Å². The number of nitriles is 1. The second kappa shape index (κ2) is 9.68. The molecule has 0 aliphatic carbocycles. The van der Waals surface area contributed by atoms with Gasteiger partial charge in [-0.2, -0.15) is 5.26 Å². The average molecular weight is 454 g/mol. The second-order valence-corrected chi connectivity index (χ2v) is 7.95. The molecule has 0 saturated carbocycles. The van der Waals surface area contributed by atoms with Gasteiger partial charge >= 0.3 is 0 Å². The van der Waals surface area contributed by atoms with Gasteiger partial charge in [-0.15, -0.1) is 11.3 Å². The Morgan fingerprint density at radius 3 is 2.74 bits per heavy atom. The number of carbonyl (C=O) groups is 1. The number of rotatable bonds is 6. The summed E-state index contributed by atoms with van der Waals surface area (Å²) in [6.07, 6.45) is 1.55. The third kappa shape index (κ3) is 4.73. The Morgan fingerprint density at radius 2 is 2.10 bits per heavy atom. The minimum absolute atomic E-state index is 0.0184. The van der Waals surface area contributed by atoms with E-state index in [1.807, 2.05) is 19.1 Å². The van der Waals surface area contributed by atoms with E-state index in [0.29, 0.717) is 37.3 Å². The highest BCUT2D eigenvalue weighted by Gasteiger charge is 2.24. The molecule has 0 fully saturated rings. The first-order valence-corrected chi connectivity index (χ1v) is 10.4. The van der Waals surface area contributed by atoms with Crippen LogP contribution in [0.15, 0.2) is 41.5 Å². The van der Waals surface area contributed by atoms with Gasteiger partial charge < -0.3 is 22.5 Å². The lowest BCUT2D eigenvalue weighted by Gasteiger charge is -2.09. The van der Waals surface area contributed by atoms with Gasteiger partial charge in [0.2, 0.25) is 5.91 Å². The third-order valence-electron chi connectivity index (χ3n) is 4.45. The molecule has 3 rings (SSSR count). The van der Waals surface area contributed by atoms with Gasteiger partial charge in [0.25, 0.3) is 0 Å². The maximum absolute atomic E-state index is 11.6. The molecule has 31 heavy (non-hydrogen) atoms. The normalized spacial score (nSPS) is 11.3. The van der Waals surface area contributed by atoms with Crippen molar-refractivity contribution in [1.82, 2.24) is 4.98 Å². The highest BCUT2D eigenvalue weighted by atomic mass is 35.5. The summed E-state index contributed by atoms with van der Waals surface area (Å²) in [5.41, 5.74) is 20.6. The number of anilines is 1. The summed E-state index contributed by atoms with van der Waals surface area (Å²) in [4.78, 5) is 21.2. The van der Waals surface area contributed by atoms with Gasteiger partial charge in [-0.3, -0.25) is 9.79 Å².